The predicted molar refractivity (Wildman–Crippen MR) is 49.2 cm³/mol. The van der Waals surface area contributed by atoms with Crippen LogP contribution < -0.4 is 5.73 Å². The number of nitrogens with one attached hydrogen (secondary N) is 1. The summed E-state index contributed by atoms with van der Waals surface area (Å²) in [5.41, 5.74) is 5.08. The van der Waals surface area contributed by atoms with E-state index in [9.17, 15) is 10.1 Å². The molecule has 1 aromatic heterocycles. The SMILES string of the molecule is Cl.N=C(N)c1cc([N+](=O)[O-])ccn1. The first-order valence-electron chi connectivity index (χ1n) is 3.06. The summed E-state index contributed by atoms with van der Waals surface area (Å²) in [4.78, 5) is 13.3. The van der Waals surface area contributed by atoms with Crippen molar-refractivity contribution in [2.45, 2.75) is 0 Å². The van der Waals surface area contributed by atoms with Crippen molar-refractivity contribution < 1.29 is 4.92 Å². The van der Waals surface area contributed by atoms with E-state index in [4.69, 9.17) is 11.1 Å². The highest BCUT2D eigenvalue weighted by atomic mass is 35.5. The standard InChI is InChI=1S/C6H6N4O2.ClH/c7-6(8)5-3-4(10(11)12)1-2-9-5;/h1-3H,(H3,7,8);1H. The van der Waals surface area contributed by atoms with Gasteiger partial charge in [0.15, 0.2) is 0 Å². The van der Waals surface area contributed by atoms with Crippen LogP contribution in [0.3, 0.4) is 0 Å². The van der Waals surface area contributed by atoms with E-state index in [1.807, 2.05) is 0 Å². The molecule has 3 N–H and O–H groups in total. The van der Waals surface area contributed by atoms with Crippen molar-refractivity contribution >= 4 is 23.9 Å². The molecule has 0 radical (unpaired) electrons. The molecule has 70 valence electrons. The molecular formula is C6H7ClN4O2. The van der Waals surface area contributed by atoms with Crippen LogP contribution in [0.5, 0.6) is 0 Å². The Bertz CT molecular complexity index is 312. The highest BCUT2D eigenvalue weighted by Crippen LogP contribution is 2.09. The lowest BCUT2D eigenvalue weighted by atomic mass is 10.3. The number of aromatic nitrogens is 1. The maximum absolute atomic E-state index is 10.2. The molecule has 0 aliphatic heterocycles. The van der Waals surface area contributed by atoms with Crippen molar-refractivity contribution in [1.29, 1.82) is 5.41 Å². The van der Waals surface area contributed by atoms with Gasteiger partial charge in [-0.3, -0.25) is 20.5 Å². The van der Waals surface area contributed by atoms with Gasteiger partial charge in [-0.05, 0) is 0 Å². The Balaban J connectivity index is 0.00000144. The van der Waals surface area contributed by atoms with E-state index in [0.29, 0.717) is 0 Å². The first-order chi connectivity index (χ1) is 5.61. The van der Waals surface area contributed by atoms with E-state index in [0.717, 1.165) is 6.07 Å². The summed E-state index contributed by atoms with van der Waals surface area (Å²) in [7, 11) is 0. The zero-order valence-corrected chi connectivity index (χ0v) is 7.25. The lowest BCUT2D eigenvalue weighted by Crippen LogP contribution is -2.13. The lowest BCUT2D eigenvalue weighted by molar-refractivity contribution is -0.384. The van der Waals surface area contributed by atoms with Gasteiger partial charge in [0.1, 0.15) is 11.5 Å². The highest BCUT2D eigenvalue weighted by Gasteiger charge is 2.07. The summed E-state index contributed by atoms with van der Waals surface area (Å²) in [6.45, 7) is 0. The van der Waals surface area contributed by atoms with E-state index < -0.39 is 4.92 Å². The van der Waals surface area contributed by atoms with Crippen LogP contribution in [0.4, 0.5) is 5.69 Å². The summed E-state index contributed by atoms with van der Waals surface area (Å²) >= 11 is 0. The summed E-state index contributed by atoms with van der Waals surface area (Å²) < 4.78 is 0. The zero-order chi connectivity index (χ0) is 9.14. The Morgan fingerprint density at radius 2 is 2.31 bits per heavy atom. The minimum absolute atomic E-state index is 0. The van der Waals surface area contributed by atoms with Crippen molar-refractivity contribution in [1.82, 2.24) is 4.98 Å². The minimum Gasteiger partial charge on any atom is -0.382 e. The number of nitrogen functional groups attached to an aromatic ring is 1. The molecular weight excluding hydrogens is 196 g/mol. The number of halogens is 1. The second-order valence-corrected chi connectivity index (χ2v) is 2.07. The van der Waals surface area contributed by atoms with Crippen LogP contribution in [0.15, 0.2) is 18.3 Å². The molecule has 0 unspecified atom stereocenters. The Morgan fingerprint density at radius 1 is 1.69 bits per heavy atom. The molecule has 0 saturated carbocycles. The normalized spacial score (nSPS) is 8.62. The third-order valence-corrected chi connectivity index (χ3v) is 1.23. The molecule has 1 rings (SSSR count). The van der Waals surface area contributed by atoms with Gasteiger partial charge in [0.05, 0.1) is 4.92 Å². The van der Waals surface area contributed by atoms with Crippen molar-refractivity contribution in [3.8, 4) is 0 Å². The van der Waals surface area contributed by atoms with Crippen molar-refractivity contribution in [3.05, 3.63) is 34.1 Å². The van der Waals surface area contributed by atoms with E-state index in [1.54, 1.807) is 0 Å². The largest absolute Gasteiger partial charge is 0.382 e. The second-order valence-electron chi connectivity index (χ2n) is 2.07. The first-order valence-corrected chi connectivity index (χ1v) is 3.06. The Kier molecular flexibility index (Phi) is 3.80. The second kappa shape index (κ2) is 4.36. The van der Waals surface area contributed by atoms with Gasteiger partial charge in [-0.2, -0.15) is 0 Å². The van der Waals surface area contributed by atoms with Gasteiger partial charge >= 0.3 is 0 Å². The fraction of sp³-hybridized carbons (Fsp3) is 0. The molecule has 0 spiro atoms. The molecule has 1 heterocycles. The van der Waals surface area contributed by atoms with E-state index in [-0.39, 0.29) is 29.6 Å². The van der Waals surface area contributed by atoms with Gasteiger partial charge in [0.2, 0.25) is 0 Å². The first kappa shape index (κ1) is 11.3. The quantitative estimate of drug-likeness (QED) is 0.319. The number of nitrogens with zero attached hydrogens (tertiary/aromatic N) is 2. The smallest absolute Gasteiger partial charge is 0.273 e. The summed E-state index contributed by atoms with van der Waals surface area (Å²) in [5.74, 6) is -0.279. The van der Waals surface area contributed by atoms with Crippen LogP contribution in [0, 0.1) is 15.5 Å². The molecule has 0 bridgehead atoms. The number of nitrogens with two attached hydrogens (primary N) is 1. The predicted octanol–water partition coefficient (Wildman–Crippen LogP) is 0.696. The monoisotopic (exact) mass is 202 g/mol. The van der Waals surface area contributed by atoms with Crippen LogP contribution in [-0.4, -0.2) is 15.7 Å². The lowest BCUT2D eigenvalue weighted by Gasteiger charge is -1.95. The van der Waals surface area contributed by atoms with Gasteiger partial charge < -0.3 is 5.73 Å². The van der Waals surface area contributed by atoms with Crippen LogP contribution in [0.25, 0.3) is 0 Å². The molecule has 0 atom stereocenters. The van der Waals surface area contributed by atoms with Gasteiger partial charge in [-0.25, -0.2) is 0 Å². The van der Waals surface area contributed by atoms with Crippen LogP contribution in [0.2, 0.25) is 0 Å². The number of hydrogen-bond donors (Lipinski definition) is 2. The van der Waals surface area contributed by atoms with Crippen LogP contribution in [-0.2, 0) is 0 Å². The number of rotatable bonds is 2. The van der Waals surface area contributed by atoms with E-state index in [2.05, 4.69) is 4.98 Å². The van der Waals surface area contributed by atoms with Gasteiger partial charge in [0, 0.05) is 18.3 Å². The Hall–Kier alpha value is -1.69. The molecule has 0 amide bonds. The third kappa shape index (κ3) is 2.68. The summed E-state index contributed by atoms with van der Waals surface area (Å²) in [5, 5.41) is 17.2. The molecule has 0 aliphatic carbocycles. The van der Waals surface area contributed by atoms with Gasteiger partial charge in [-0.1, -0.05) is 0 Å². The minimum atomic E-state index is -0.561. The summed E-state index contributed by atoms with van der Waals surface area (Å²) in [6, 6.07) is 2.40. The number of pyridine rings is 1. The number of amidine groups is 1. The topological polar surface area (TPSA) is 106 Å². The average molecular weight is 203 g/mol. The molecule has 1 aromatic rings. The van der Waals surface area contributed by atoms with Gasteiger partial charge in [0.25, 0.3) is 5.69 Å². The molecule has 6 nitrogen and oxygen atoms in total. The fourth-order valence-electron chi connectivity index (χ4n) is 0.680. The Morgan fingerprint density at radius 3 is 2.77 bits per heavy atom. The molecule has 0 aliphatic rings. The molecule has 0 fully saturated rings. The van der Waals surface area contributed by atoms with Crippen molar-refractivity contribution in [2.75, 3.05) is 0 Å². The maximum atomic E-state index is 10.2. The fourth-order valence-corrected chi connectivity index (χ4v) is 0.680. The maximum Gasteiger partial charge on any atom is 0.273 e. The highest BCUT2D eigenvalue weighted by molar-refractivity contribution is 5.93. The van der Waals surface area contributed by atoms with E-state index in [1.165, 1.54) is 12.3 Å². The Labute approximate surface area is 79.8 Å². The average Bonchev–Trinajstić information content (AvgIpc) is 2.04. The van der Waals surface area contributed by atoms with Crippen LogP contribution >= 0.6 is 12.4 Å². The zero-order valence-electron chi connectivity index (χ0n) is 6.43. The molecule has 7 heteroatoms. The summed E-state index contributed by atoms with van der Waals surface area (Å²) in [6.07, 6.45) is 1.24. The van der Waals surface area contributed by atoms with Gasteiger partial charge in [-0.15, -0.1) is 12.4 Å². The molecule has 0 saturated heterocycles. The number of nitro groups is 1. The third-order valence-electron chi connectivity index (χ3n) is 1.23. The molecule has 0 aromatic carbocycles. The van der Waals surface area contributed by atoms with Crippen LogP contribution in [0.1, 0.15) is 5.69 Å². The van der Waals surface area contributed by atoms with Crippen molar-refractivity contribution in [2.24, 2.45) is 5.73 Å². The number of hydrogen-bond acceptors (Lipinski definition) is 4. The van der Waals surface area contributed by atoms with Crippen molar-refractivity contribution in [3.63, 3.8) is 0 Å². The van der Waals surface area contributed by atoms with E-state index >= 15 is 0 Å². The molecule has 13 heavy (non-hydrogen) atoms.